The van der Waals surface area contributed by atoms with Gasteiger partial charge in [0.25, 0.3) is 0 Å². The largest absolute Gasteiger partial charge is 0.463 e. The van der Waals surface area contributed by atoms with Gasteiger partial charge in [0.15, 0.2) is 0 Å². The molecular weight excluding hydrogens is 384 g/mol. The van der Waals surface area contributed by atoms with Crippen molar-refractivity contribution in [2.75, 3.05) is 13.2 Å². The van der Waals surface area contributed by atoms with Crippen LogP contribution in [0.25, 0.3) is 0 Å². The molecule has 31 heavy (non-hydrogen) atoms. The van der Waals surface area contributed by atoms with E-state index in [0.717, 1.165) is 50.0 Å². The molecule has 3 aliphatic carbocycles. The van der Waals surface area contributed by atoms with Gasteiger partial charge in [0.1, 0.15) is 0 Å². The third-order valence-corrected chi connectivity index (χ3v) is 7.88. The Morgan fingerprint density at radius 1 is 0.839 bits per heavy atom. The van der Waals surface area contributed by atoms with Crippen LogP contribution in [0.4, 0.5) is 0 Å². The topological polar surface area (TPSA) is 35.5 Å². The van der Waals surface area contributed by atoms with Crippen molar-refractivity contribution in [3.05, 3.63) is 12.7 Å². The van der Waals surface area contributed by atoms with Crippen molar-refractivity contribution in [1.82, 2.24) is 0 Å². The maximum Gasteiger partial charge on any atom is 0.330 e. The van der Waals surface area contributed by atoms with E-state index in [-0.39, 0.29) is 5.97 Å². The Balaban J connectivity index is 1.25. The quantitative estimate of drug-likeness (QED) is 0.177. The Kier molecular flexibility index (Phi) is 10.5. The molecule has 174 valence electrons. The normalized spacial score (nSPS) is 32.9. The van der Waals surface area contributed by atoms with Gasteiger partial charge in [-0.25, -0.2) is 4.79 Å². The third-order valence-electron chi connectivity index (χ3n) is 7.88. The van der Waals surface area contributed by atoms with Gasteiger partial charge in [0, 0.05) is 24.5 Å². The van der Waals surface area contributed by atoms with Gasteiger partial charge < -0.3 is 9.47 Å². The standard InChI is InChI=1S/C28H44O3/c1-3-28(29)31-19-7-5-4-6-18-30-27-17-16-25-20-24(14-15-26(25)21-27)13-12-23-10-8-22(2)9-11-23/h3,22-27H,1,4-11,14-21H2,2H3. The number of ether oxygens (including phenoxy) is 2. The maximum atomic E-state index is 11.0. The fourth-order valence-corrected chi connectivity index (χ4v) is 5.81. The van der Waals surface area contributed by atoms with E-state index >= 15 is 0 Å². The molecule has 0 N–H and O–H groups in total. The van der Waals surface area contributed by atoms with Crippen LogP contribution in [0, 0.1) is 41.4 Å². The van der Waals surface area contributed by atoms with E-state index in [4.69, 9.17) is 9.47 Å². The van der Waals surface area contributed by atoms with Gasteiger partial charge in [-0.2, -0.15) is 0 Å². The zero-order valence-corrected chi connectivity index (χ0v) is 19.8. The predicted molar refractivity (Wildman–Crippen MR) is 126 cm³/mol. The maximum absolute atomic E-state index is 11.0. The van der Waals surface area contributed by atoms with Gasteiger partial charge in [-0.05, 0) is 101 Å². The van der Waals surface area contributed by atoms with Crippen molar-refractivity contribution in [2.45, 2.75) is 103 Å². The molecule has 3 aliphatic rings. The van der Waals surface area contributed by atoms with Gasteiger partial charge in [0.2, 0.25) is 0 Å². The van der Waals surface area contributed by atoms with E-state index in [1.807, 2.05) is 0 Å². The molecule has 0 aromatic heterocycles. The first-order chi connectivity index (χ1) is 15.1. The van der Waals surface area contributed by atoms with Crippen molar-refractivity contribution in [1.29, 1.82) is 0 Å². The molecule has 3 nitrogen and oxygen atoms in total. The van der Waals surface area contributed by atoms with Crippen molar-refractivity contribution in [3.8, 4) is 11.8 Å². The molecule has 3 rings (SSSR count). The van der Waals surface area contributed by atoms with Crippen LogP contribution >= 0.6 is 0 Å². The Morgan fingerprint density at radius 2 is 1.48 bits per heavy atom. The summed E-state index contributed by atoms with van der Waals surface area (Å²) in [6.07, 6.45) is 19.2. The van der Waals surface area contributed by atoms with E-state index in [1.165, 1.54) is 70.3 Å². The number of hydrogen-bond donors (Lipinski definition) is 0. The highest BCUT2D eigenvalue weighted by Gasteiger charge is 2.35. The highest BCUT2D eigenvalue weighted by Crippen LogP contribution is 2.43. The molecule has 3 saturated carbocycles. The van der Waals surface area contributed by atoms with Crippen molar-refractivity contribution < 1.29 is 14.3 Å². The summed E-state index contributed by atoms with van der Waals surface area (Å²) in [7, 11) is 0. The minimum Gasteiger partial charge on any atom is -0.463 e. The first kappa shape index (κ1) is 24.4. The Morgan fingerprint density at radius 3 is 2.26 bits per heavy atom. The number of esters is 1. The van der Waals surface area contributed by atoms with Gasteiger partial charge >= 0.3 is 5.97 Å². The Labute approximate surface area is 190 Å². The second kappa shape index (κ2) is 13.3. The fraction of sp³-hybridized carbons (Fsp3) is 0.821. The SMILES string of the molecule is C=CC(=O)OCCCCCCOC1CCC2CC(C#CC3CCC(C)CC3)CCC2C1. The minimum atomic E-state index is -0.320. The van der Waals surface area contributed by atoms with Crippen LogP contribution in [-0.4, -0.2) is 25.3 Å². The zero-order chi connectivity index (χ0) is 21.9. The average Bonchev–Trinajstić information content (AvgIpc) is 2.80. The lowest BCUT2D eigenvalue weighted by molar-refractivity contribution is -0.137. The predicted octanol–water partition coefficient (Wildman–Crippen LogP) is 6.71. The van der Waals surface area contributed by atoms with Crippen LogP contribution in [0.1, 0.15) is 96.8 Å². The smallest absolute Gasteiger partial charge is 0.330 e. The lowest BCUT2D eigenvalue weighted by Crippen LogP contribution is -2.34. The molecule has 4 atom stereocenters. The third kappa shape index (κ3) is 8.64. The molecule has 3 heteroatoms. The van der Waals surface area contributed by atoms with Crippen molar-refractivity contribution >= 4 is 5.97 Å². The van der Waals surface area contributed by atoms with Crippen molar-refractivity contribution in [2.24, 2.45) is 29.6 Å². The molecule has 0 aromatic carbocycles. The summed E-state index contributed by atoms with van der Waals surface area (Å²) in [6, 6.07) is 0. The molecule has 0 saturated heterocycles. The summed E-state index contributed by atoms with van der Waals surface area (Å²) in [4.78, 5) is 11.0. The van der Waals surface area contributed by atoms with Crippen LogP contribution in [0.2, 0.25) is 0 Å². The molecule has 0 bridgehead atoms. The average molecular weight is 429 g/mol. The van der Waals surface area contributed by atoms with E-state index in [1.54, 1.807) is 0 Å². The molecule has 4 unspecified atom stereocenters. The lowest BCUT2D eigenvalue weighted by Gasteiger charge is -2.41. The Hall–Kier alpha value is -1.27. The second-order valence-electron chi connectivity index (χ2n) is 10.4. The first-order valence-corrected chi connectivity index (χ1v) is 13.1. The zero-order valence-electron chi connectivity index (χ0n) is 19.8. The van der Waals surface area contributed by atoms with Crippen LogP contribution in [-0.2, 0) is 14.3 Å². The van der Waals surface area contributed by atoms with E-state index in [0.29, 0.717) is 24.5 Å². The van der Waals surface area contributed by atoms with E-state index < -0.39 is 0 Å². The molecular formula is C28H44O3. The number of fused-ring (bicyclic) bond motifs is 1. The van der Waals surface area contributed by atoms with Crippen LogP contribution in [0.3, 0.4) is 0 Å². The summed E-state index contributed by atoms with van der Waals surface area (Å²) in [6.45, 7) is 7.17. The highest BCUT2D eigenvalue weighted by atomic mass is 16.5. The van der Waals surface area contributed by atoms with Crippen LogP contribution in [0.15, 0.2) is 12.7 Å². The van der Waals surface area contributed by atoms with Crippen LogP contribution < -0.4 is 0 Å². The molecule has 0 radical (unpaired) electrons. The lowest BCUT2D eigenvalue weighted by atomic mass is 9.67. The van der Waals surface area contributed by atoms with Gasteiger partial charge in [0.05, 0.1) is 12.7 Å². The van der Waals surface area contributed by atoms with Gasteiger partial charge in [-0.3, -0.25) is 0 Å². The number of unbranched alkanes of at least 4 members (excludes halogenated alkanes) is 3. The first-order valence-electron chi connectivity index (χ1n) is 13.1. The number of hydrogen-bond acceptors (Lipinski definition) is 3. The molecule has 0 spiro atoms. The summed E-state index contributed by atoms with van der Waals surface area (Å²) in [5.74, 6) is 11.1. The van der Waals surface area contributed by atoms with Crippen molar-refractivity contribution in [3.63, 3.8) is 0 Å². The second-order valence-corrected chi connectivity index (χ2v) is 10.4. The summed E-state index contributed by atoms with van der Waals surface area (Å²) < 4.78 is 11.2. The summed E-state index contributed by atoms with van der Waals surface area (Å²) in [5.41, 5.74) is 0. The molecule has 0 aliphatic heterocycles. The monoisotopic (exact) mass is 428 g/mol. The summed E-state index contributed by atoms with van der Waals surface area (Å²) >= 11 is 0. The minimum absolute atomic E-state index is 0.320. The van der Waals surface area contributed by atoms with Crippen LogP contribution in [0.5, 0.6) is 0 Å². The fourth-order valence-electron chi connectivity index (χ4n) is 5.81. The molecule has 0 heterocycles. The van der Waals surface area contributed by atoms with Gasteiger partial charge in [-0.15, -0.1) is 0 Å². The van der Waals surface area contributed by atoms with E-state index in [2.05, 4.69) is 25.3 Å². The van der Waals surface area contributed by atoms with E-state index in [9.17, 15) is 4.79 Å². The molecule has 0 aromatic rings. The number of carbonyl (C=O) groups is 1. The molecule has 0 amide bonds. The van der Waals surface area contributed by atoms with Gasteiger partial charge in [-0.1, -0.05) is 31.8 Å². The summed E-state index contributed by atoms with van der Waals surface area (Å²) in [5, 5.41) is 0. The Bertz CT molecular complexity index is 607. The number of rotatable bonds is 9. The number of carbonyl (C=O) groups excluding carboxylic acids is 1. The highest BCUT2D eigenvalue weighted by molar-refractivity contribution is 5.81. The molecule has 3 fully saturated rings.